The molecule has 0 atom stereocenters. The quantitative estimate of drug-likeness (QED) is 0.431. The molecule has 0 saturated heterocycles. The first kappa shape index (κ1) is 18.0. The van der Waals surface area contributed by atoms with Crippen molar-refractivity contribution in [1.29, 1.82) is 0 Å². The van der Waals surface area contributed by atoms with Gasteiger partial charge in [0.25, 0.3) is 0 Å². The van der Waals surface area contributed by atoms with Crippen molar-refractivity contribution in [2.45, 2.75) is 13.3 Å². The Hall–Kier alpha value is -1.77. The summed E-state index contributed by atoms with van der Waals surface area (Å²) in [6.07, 6.45) is 0.540. The van der Waals surface area contributed by atoms with E-state index in [9.17, 15) is 9.90 Å². The number of rotatable bonds is 5. The highest BCUT2D eigenvalue weighted by atomic mass is 79.9. The van der Waals surface area contributed by atoms with Gasteiger partial charge < -0.3 is 19.2 Å². The number of phenols is 1. The first-order valence-corrected chi connectivity index (χ1v) is 8.95. The molecule has 0 spiro atoms. The number of hydrogen-bond acceptors (Lipinski definition) is 5. The van der Waals surface area contributed by atoms with Crippen LogP contribution in [0.5, 0.6) is 11.5 Å². The summed E-state index contributed by atoms with van der Waals surface area (Å²) in [6.45, 7) is 1.90. The van der Waals surface area contributed by atoms with Gasteiger partial charge in [-0.05, 0) is 56.1 Å². The maximum Gasteiger partial charge on any atom is 0.569 e. The third kappa shape index (κ3) is 3.34. The van der Waals surface area contributed by atoms with Crippen molar-refractivity contribution in [3.8, 4) is 11.5 Å². The van der Waals surface area contributed by atoms with Crippen LogP contribution in [0.15, 0.2) is 43.7 Å². The summed E-state index contributed by atoms with van der Waals surface area (Å²) in [5, 5.41) is 19.2. The number of furan rings is 1. The Balaban J connectivity index is 2.15. The molecule has 0 aliphatic heterocycles. The second kappa shape index (κ2) is 7.23. The van der Waals surface area contributed by atoms with Crippen LogP contribution in [0.25, 0.3) is 11.0 Å². The maximum absolute atomic E-state index is 13.1. The molecule has 25 heavy (non-hydrogen) atoms. The molecule has 1 aromatic heterocycles. The largest absolute Gasteiger partial charge is 0.569 e. The number of carbonyl (C=O) groups is 1. The maximum atomic E-state index is 13.1. The number of hydrogen-bond donors (Lipinski definition) is 2. The molecule has 127 valence electrons. The SMILES string of the molecule is CCc1oc2cc(O[B]O)ccc2c1C(=O)c1cc(Br)c(O)c(Br)c1. The molecule has 0 unspecified atom stereocenters. The van der Waals surface area contributed by atoms with Crippen molar-refractivity contribution in [2.24, 2.45) is 0 Å². The number of aromatic hydroxyl groups is 1. The average molecular weight is 467 g/mol. The van der Waals surface area contributed by atoms with Gasteiger partial charge in [0, 0.05) is 23.4 Å². The minimum atomic E-state index is -0.209. The number of benzene rings is 2. The summed E-state index contributed by atoms with van der Waals surface area (Å²) in [4.78, 5) is 13.1. The van der Waals surface area contributed by atoms with E-state index in [1.807, 2.05) is 6.92 Å². The number of fused-ring (bicyclic) bond motifs is 1. The summed E-state index contributed by atoms with van der Waals surface area (Å²) < 4.78 is 11.6. The molecule has 0 aliphatic rings. The summed E-state index contributed by atoms with van der Waals surface area (Å²) >= 11 is 6.48. The fraction of sp³-hybridized carbons (Fsp3) is 0.118. The van der Waals surface area contributed by atoms with Gasteiger partial charge in [-0.2, -0.15) is 0 Å². The normalized spacial score (nSPS) is 10.9. The molecule has 2 aromatic carbocycles. The lowest BCUT2D eigenvalue weighted by Gasteiger charge is -2.06. The van der Waals surface area contributed by atoms with Gasteiger partial charge in [0.05, 0.1) is 14.5 Å². The van der Waals surface area contributed by atoms with Gasteiger partial charge in [0.2, 0.25) is 0 Å². The predicted molar refractivity (Wildman–Crippen MR) is 101 cm³/mol. The van der Waals surface area contributed by atoms with Crippen molar-refractivity contribution in [3.05, 3.63) is 56.2 Å². The molecule has 1 radical (unpaired) electrons. The van der Waals surface area contributed by atoms with E-state index in [4.69, 9.17) is 14.1 Å². The van der Waals surface area contributed by atoms with E-state index in [1.54, 1.807) is 30.3 Å². The lowest BCUT2D eigenvalue weighted by Crippen LogP contribution is -2.04. The van der Waals surface area contributed by atoms with Crippen molar-refractivity contribution in [3.63, 3.8) is 0 Å². The van der Waals surface area contributed by atoms with Gasteiger partial charge in [-0.15, -0.1) is 0 Å². The second-order valence-electron chi connectivity index (χ2n) is 5.25. The van der Waals surface area contributed by atoms with Crippen molar-refractivity contribution in [2.75, 3.05) is 0 Å². The third-order valence-corrected chi connectivity index (χ3v) is 4.96. The molecule has 1 heterocycles. The van der Waals surface area contributed by atoms with Crippen LogP contribution >= 0.6 is 31.9 Å². The second-order valence-corrected chi connectivity index (χ2v) is 6.96. The number of carbonyl (C=O) groups excluding carboxylic acids is 1. The third-order valence-electron chi connectivity index (χ3n) is 3.75. The lowest BCUT2D eigenvalue weighted by atomic mass is 9.99. The Labute approximate surface area is 161 Å². The predicted octanol–water partition coefficient (Wildman–Crippen LogP) is 4.36. The highest BCUT2D eigenvalue weighted by molar-refractivity contribution is 9.11. The van der Waals surface area contributed by atoms with Gasteiger partial charge in [-0.1, -0.05) is 6.92 Å². The average Bonchev–Trinajstić information content (AvgIpc) is 2.96. The molecule has 0 aliphatic carbocycles. The van der Waals surface area contributed by atoms with Crippen molar-refractivity contribution in [1.82, 2.24) is 0 Å². The summed E-state index contributed by atoms with van der Waals surface area (Å²) in [6, 6.07) is 8.11. The van der Waals surface area contributed by atoms with E-state index < -0.39 is 0 Å². The smallest absolute Gasteiger partial charge is 0.537 e. The zero-order chi connectivity index (χ0) is 18.1. The molecular weight excluding hydrogens is 455 g/mol. The summed E-state index contributed by atoms with van der Waals surface area (Å²) in [5.74, 6) is 0.789. The van der Waals surface area contributed by atoms with Gasteiger partial charge >= 0.3 is 7.69 Å². The minimum absolute atomic E-state index is 0.0337. The van der Waals surface area contributed by atoms with Crippen molar-refractivity contribution < 1.29 is 24.0 Å². The van der Waals surface area contributed by atoms with E-state index in [-0.39, 0.29) is 11.5 Å². The van der Waals surface area contributed by atoms with Gasteiger partial charge in [-0.25, -0.2) is 0 Å². The fourth-order valence-electron chi connectivity index (χ4n) is 2.60. The van der Waals surface area contributed by atoms with Crippen LogP contribution in [0.2, 0.25) is 0 Å². The Morgan fingerprint density at radius 1 is 1.24 bits per heavy atom. The van der Waals surface area contributed by atoms with Crippen LogP contribution in [0.4, 0.5) is 0 Å². The summed E-state index contributed by atoms with van der Waals surface area (Å²) in [5.41, 5.74) is 1.39. The van der Waals surface area contributed by atoms with Crippen LogP contribution in [0.3, 0.4) is 0 Å². The number of phenolic OH excluding ortho intramolecular Hbond substituents is 1. The van der Waals surface area contributed by atoms with Crippen LogP contribution in [-0.2, 0) is 6.42 Å². The molecule has 3 aromatic rings. The zero-order valence-electron chi connectivity index (χ0n) is 13.0. The molecular formula is C17H12BBr2O5. The van der Waals surface area contributed by atoms with Gasteiger partial charge in [-0.3, -0.25) is 4.79 Å². The van der Waals surface area contributed by atoms with Crippen LogP contribution in [0, 0.1) is 0 Å². The minimum Gasteiger partial charge on any atom is -0.537 e. The topological polar surface area (TPSA) is 79.9 Å². The standard InChI is InChI=1S/C17H12BBr2O5/c1-2-13-15(10-4-3-9(25-18-23)7-14(10)24-13)16(21)8-5-11(19)17(22)12(20)6-8/h3-7,22-23H,2H2,1H3. The van der Waals surface area contributed by atoms with E-state index in [1.165, 1.54) is 0 Å². The van der Waals surface area contributed by atoms with Gasteiger partial charge in [0.1, 0.15) is 22.8 Å². The number of ketones is 1. The van der Waals surface area contributed by atoms with E-state index in [0.29, 0.717) is 56.7 Å². The number of aryl methyl sites for hydroxylation is 1. The Kier molecular flexibility index (Phi) is 5.22. The molecule has 8 heteroatoms. The Morgan fingerprint density at radius 3 is 2.52 bits per heavy atom. The molecule has 2 N–H and O–H groups in total. The van der Waals surface area contributed by atoms with E-state index in [0.717, 1.165) is 0 Å². The molecule has 0 fully saturated rings. The van der Waals surface area contributed by atoms with Crippen LogP contribution < -0.4 is 4.65 Å². The zero-order valence-corrected chi connectivity index (χ0v) is 16.2. The first-order valence-electron chi connectivity index (χ1n) is 7.37. The monoisotopic (exact) mass is 465 g/mol. The van der Waals surface area contributed by atoms with Crippen LogP contribution in [0.1, 0.15) is 28.6 Å². The molecule has 0 amide bonds. The van der Waals surface area contributed by atoms with E-state index in [2.05, 4.69) is 31.9 Å². The molecule has 0 saturated carbocycles. The molecule has 0 bridgehead atoms. The Morgan fingerprint density at radius 2 is 1.92 bits per heavy atom. The first-order chi connectivity index (χ1) is 12.0. The highest BCUT2D eigenvalue weighted by Crippen LogP contribution is 2.36. The summed E-state index contributed by atoms with van der Waals surface area (Å²) in [7, 11) is 0.586. The fourth-order valence-corrected chi connectivity index (χ4v) is 3.79. The number of halogens is 2. The van der Waals surface area contributed by atoms with Crippen LogP contribution in [-0.4, -0.2) is 23.6 Å². The highest BCUT2D eigenvalue weighted by Gasteiger charge is 2.23. The molecule has 3 rings (SSSR count). The molecule has 5 nitrogen and oxygen atoms in total. The van der Waals surface area contributed by atoms with E-state index >= 15 is 0 Å². The van der Waals surface area contributed by atoms with Crippen molar-refractivity contribution >= 4 is 56.3 Å². The lowest BCUT2D eigenvalue weighted by molar-refractivity contribution is 0.103. The Bertz CT molecular complexity index is 944. The van der Waals surface area contributed by atoms with Gasteiger partial charge in [0.15, 0.2) is 5.78 Å².